The standard InChI is InChI=1S/C15H17N3O4/c1-21-11-3-2-4-12(7-11)22-9-13-16-14-6-5-10(15(19)20)8-18(14)17-13/h2-4,7,10H,5-6,8-9H2,1H3,(H,19,20). The summed E-state index contributed by atoms with van der Waals surface area (Å²) < 4.78 is 12.5. The molecule has 2 aromatic rings. The number of nitrogens with zero attached hydrogens (tertiary/aromatic N) is 3. The Labute approximate surface area is 127 Å². The molecule has 2 heterocycles. The molecule has 1 aromatic heterocycles. The molecule has 0 amide bonds. The van der Waals surface area contributed by atoms with Crippen LogP contribution in [0.1, 0.15) is 18.1 Å². The number of rotatable bonds is 5. The van der Waals surface area contributed by atoms with Crippen molar-refractivity contribution in [3.8, 4) is 11.5 Å². The number of hydrogen-bond donors (Lipinski definition) is 1. The van der Waals surface area contributed by atoms with Crippen LogP contribution in [0, 0.1) is 5.92 Å². The number of fused-ring (bicyclic) bond motifs is 1. The van der Waals surface area contributed by atoms with Crippen LogP contribution in [0.3, 0.4) is 0 Å². The molecular weight excluding hydrogens is 286 g/mol. The Morgan fingerprint density at radius 3 is 3.05 bits per heavy atom. The lowest BCUT2D eigenvalue weighted by molar-refractivity contribution is -0.142. The van der Waals surface area contributed by atoms with Crippen molar-refractivity contribution in [2.24, 2.45) is 5.92 Å². The lowest BCUT2D eigenvalue weighted by Crippen LogP contribution is -2.27. The molecule has 0 aliphatic carbocycles. The highest BCUT2D eigenvalue weighted by Crippen LogP contribution is 2.21. The number of aryl methyl sites for hydroxylation is 1. The first-order valence-electron chi connectivity index (χ1n) is 7.08. The van der Waals surface area contributed by atoms with Crippen molar-refractivity contribution < 1.29 is 19.4 Å². The number of aliphatic carboxylic acids is 1. The van der Waals surface area contributed by atoms with E-state index in [2.05, 4.69) is 10.1 Å². The van der Waals surface area contributed by atoms with Gasteiger partial charge in [-0.2, -0.15) is 5.10 Å². The molecule has 7 heteroatoms. The number of benzene rings is 1. The smallest absolute Gasteiger partial charge is 0.308 e. The lowest BCUT2D eigenvalue weighted by Gasteiger charge is -2.18. The molecule has 116 valence electrons. The zero-order chi connectivity index (χ0) is 15.5. The van der Waals surface area contributed by atoms with E-state index < -0.39 is 5.97 Å². The zero-order valence-electron chi connectivity index (χ0n) is 12.2. The minimum absolute atomic E-state index is 0.241. The Bertz CT molecular complexity index is 683. The normalized spacial score (nSPS) is 16.9. The van der Waals surface area contributed by atoms with E-state index in [1.165, 1.54) is 0 Å². The average molecular weight is 303 g/mol. The fourth-order valence-corrected chi connectivity index (χ4v) is 2.46. The molecule has 3 rings (SSSR count). The quantitative estimate of drug-likeness (QED) is 0.901. The summed E-state index contributed by atoms with van der Waals surface area (Å²) in [6.07, 6.45) is 1.23. The third-order valence-electron chi connectivity index (χ3n) is 3.66. The number of hydrogen-bond acceptors (Lipinski definition) is 5. The van der Waals surface area contributed by atoms with Crippen molar-refractivity contribution in [1.29, 1.82) is 0 Å². The minimum Gasteiger partial charge on any atom is -0.497 e. The highest BCUT2D eigenvalue weighted by Gasteiger charge is 2.26. The first kappa shape index (κ1) is 14.4. The van der Waals surface area contributed by atoms with Gasteiger partial charge in [0.05, 0.1) is 19.6 Å². The second-order valence-corrected chi connectivity index (χ2v) is 5.17. The van der Waals surface area contributed by atoms with Crippen LogP contribution in [0.5, 0.6) is 11.5 Å². The van der Waals surface area contributed by atoms with Crippen molar-refractivity contribution in [3.63, 3.8) is 0 Å². The van der Waals surface area contributed by atoms with Gasteiger partial charge in [0.1, 0.15) is 23.9 Å². The van der Waals surface area contributed by atoms with E-state index in [4.69, 9.17) is 14.6 Å². The van der Waals surface area contributed by atoms with Gasteiger partial charge in [-0.25, -0.2) is 9.67 Å². The van der Waals surface area contributed by atoms with Crippen LogP contribution in [0.2, 0.25) is 0 Å². The number of carbonyl (C=O) groups is 1. The van der Waals surface area contributed by atoms with Gasteiger partial charge < -0.3 is 14.6 Å². The second kappa shape index (κ2) is 6.05. The van der Waals surface area contributed by atoms with Gasteiger partial charge in [-0.3, -0.25) is 4.79 Å². The van der Waals surface area contributed by atoms with Crippen molar-refractivity contribution in [2.45, 2.75) is 26.0 Å². The van der Waals surface area contributed by atoms with Crippen LogP contribution < -0.4 is 9.47 Å². The summed E-state index contributed by atoms with van der Waals surface area (Å²) in [5.74, 6) is 1.61. The maximum atomic E-state index is 11.0. The van der Waals surface area contributed by atoms with Gasteiger partial charge in [0.15, 0.2) is 5.82 Å². The van der Waals surface area contributed by atoms with Crippen LogP contribution in [-0.2, 0) is 24.4 Å². The summed E-state index contributed by atoms with van der Waals surface area (Å²) in [4.78, 5) is 15.4. The van der Waals surface area contributed by atoms with E-state index in [-0.39, 0.29) is 12.5 Å². The fraction of sp³-hybridized carbons (Fsp3) is 0.400. The molecular formula is C15H17N3O4. The van der Waals surface area contributed by atoms with E-state index in [1.54, 1.807) is 17.9 Å². The van der Waals surface area contributed by atoms with Crippen molar-refractivity contribution >= 4 is 5.97 Å². The van der Waals surface area contributed by atoms with Crippen LogP contribution in [0.25, 0.3) is 0 Å². The molecule has 0 saturated carbocycles. The maximum absolute atomic E-state index is 11.0. The Hall–Kier alpha value is -2.57. The molecule has 1 atom stereocenters. The van der Waals surface area contributed by atoms with Crippen LogP contribution in [0.15, 0.2) is 24.3 Å². The summed E-state index contributed by atoms with van der Waals surface area (Å²) >= 11 is 0. The molecule has 1 aliphatic rings. The summed E-state index contributed by atoms with van der Waals surface area (Å²) in [7, 11) is 1.60. The number of carboxylic acids is 1. The minimum atomic E-state index is -0.782. The monoisotopic (exact) mass is 303 g/mol. The van der Waals surface area contributed by atoms with E-state index in [9.17, 15) is 4.79 Å². The lowest BCUT2D eigenvalue weighted by atomic mass is 10.0. The number of methoxy groups -OCH3 is 1. The maximum Gasteiger partial charge on any atom is 0.308 e. The van der Waals surface area contributed by atoms with Crippen LogP contribution >= 0.6 is 0 Å². The Morgan fingerprint density at radius 1 is 1.45 bits per heavy atom. The summed E-state index contributed by atoms with van der Waals surface area (Å²) in [6.45, 7) is 0.613. The molecule has 0 saturated heterocycles. The van der Waals surface area contributed by atoms with Crippen molar-refractivity contribution in [2.75, 3.05) is 7.11 Å². The van der Waals surface area contributed by atoms with Gasteiger partial charge in [0, 0.05) is 12.5 Å². The predicted molar refractivity (Wildman–Crippen MR) is 76.8 cm³/mol. The highest BCUT2D eigenvalue weighted by molar-refractivity contribution is 5.70. The highest BCUT2D eigenvalue weighted by atomic mass is 16.5. The van der Waals surface area contributed by atoms with Crippen LogP contribution in [0.4, 0.5) is 0 Å². The molecule has 0 fully saturated rings. The molecule has 7 nitrogen and oxygen atoms in total. The summed E-state index contributed by atoms with van der Waals surface area (Å²) in [5.41, 5.74) is 0. The van der Waals surface area contributed by atoms with Gasteiger partial charge in [0.2, 0.25) is 0 Å². The van der Waals surface area contributed by atoms with Gasteiger partial charge in [-0.05, 0) is 18.6 Å². The first-order chi connectivity index (χ1) is 10.7. The summed E-state index contributed by atoms with van der Waals surface area (Å²) in [6, 6.07) is 7.30. The molecule has 1 unspecified atom stereocenters. The average Bonchev–Trinajstić information content (AvgIpc) is 2.95. The molecule has 1 N–H and O–H groups in total. The predicted octanol–water partition coefficient (Wildman–Crippen LogP) is 1.51. The Kier molecular flexibility index (Phi) is 3.95. The largest absolute Gasteiger partial charge is 0.497 e. The molecule has 0 radical (unpaired) electrons. The molecule has 22 heavy (non-hydrogen) atoms. The summed E-state index contributed by atoms with van der Waals surface area (Å²) in [5, 5.41) is 13.4. The van der Waals surface area contributed by atoms with Gasteiger partial charge >= 0.3 is 5.97 Å². The Morgan fingerprint density at radius 2 is 2.27 bits per heavy atom. The third-order valence-corrected chi connectivity index (χ3v) is 3.66. The number of ether oxygens (including phenoxy) is 2. The van der Waals surface area contributed by atoms with Crippen molar-refractivity contribution in [1.82, 2.24) is 14.8 Å². The fourth-order valence-electron chi connectivity index (χ4n) is 2.46. The van der Waals surface area contributed by atoms with Gasteiger partial charge in [-0.15, -0.1) is 0 Å². The van der Waals surface area contributed by atoms with E-state index >= 15 is 0 Å². The van der Waals surface area contributed by atoms with E-state index in [0.717, 1.165) is 11.6 Å². The Balaban J connectivity index is 1.66. The number of carboxylic acid groups (broad SMARTS) is 1. The topological polar surface area (TPSA) is 86.5 Å². The van der Waals surface area contributed by atoms with Crippen LogP contribution in [-0.4, -0.2) is 33.0 Å². The number of aromatic nitrogens is 3. The van der Waals surface area contributed by atoms with E-state index in [1.807, 2.05) is 18.2 Å². The zero-order valence-corrected chi connectivity index (χ0v) is 12.2. The first-order valence-corrected chi connectivity index (χ1v) is 7.08. The molecule has 0 bridgehead atoms. The van der Waals surface area contributed by atoms with Crippen molar-refractivity contribution in [3.05, 3.63) is 35.9 Å². The molecule has 1 aromatic carbocycles. The second-order valence-electron chi connectivity index (χ2n) is 5.17. The van der Waals surface area contributed by atoms with E-state index in [0.29, 0.717) is 31.0 Å². The molecule has 0 spiro atoms. The molecule has 1 aliphatic heterocycles. The third kappa shape index (κ3) is 3.03. The SMILES string of the molecule is COc1cccc(OCc2nc3n(n2)CC(C(=O)O)CC3)c1. The van der Waals surface area contributed by atoms with Gasteiger partial charge in [-0.1, -0.05) is 6.07 Å². The van der Waals surface area contributed by atoms with Gasteiger partial charge in [0.25, 0.3) is 0 Å².